The van der Waals surface area contributed by atoms with Crippen molar-refractivity contribution in [1.82, 2.24) is 9.13 Å². The summed E-state index contributed by atoms with van der Waals surface area (Å²) in [7, 11) is 0. The highest BCUT2D eigenvalue weighted by Crippen LogP contribution is 2.53. The van der Waals surface area contributed by atoms with Crippen molar-refractivity contribution in [2.75, 3.05) is 0 Å². The Kier molecular flexibility index (Phi) is 5.53. The van der Waals surface area contributed by atoms with E-state index in [1.165, 1.54) is 27.5 Å². The molecule has 0 atom stereocenters. The monoisotopic (exact) mass is 664 g/mol. The molecule has 0 unspecified atom stereocenters. The average molecular weight is 665 g/mol. The third kappa shape index (κ3) is 3.64. The van der Waals surface area contributed by atoms with E-state index in [9.17, 15) is 5.26 Å². The molecule has 0 aliphatic heterocycles. The number of nitrogens with zero attached hydrogens (tertiary/aromatic N) is 4. The van der Waals surface area contributed by atoms with Gasteiger partial charge in [0.2, 0.25) is 0 Å². The number of aromatic nitrogens is 2. The SMILES string of the molecule is [C-]#[N+]c1ccc2c(c1)c1ccccc1n2-c1ccc2oc3ccc(-n4c5ccccc5c5ccc6c(c54)-c4cc(C#N)ccc4C6(C)C)cc3c2c1. The van der Waals surface area contributed by atoms with Crippen LogP contribution in [0.1, 0.15) is 30.5 Å². The summed E-state index contributed by atoms with van der Waals surface area (Å²) in [5.74, 6) is 0. The van der Waals surface area contributed by atoms with Crippen LogP contribution in [0, 0.1) is 17.9 Å². The number of furan rings is 1. The molecule has 0 N–H and O–H groups in total. The molecule has 0 spiro atoms. The lowest BCUT2D eigenvalue weighted by Crippen LogP contribution is -2.14. The lowest BCUT2D eigenvalue weighted by Gasteiger charge is -2.21. The second-order valence-electron chi connectivity index (χ2n) is 14.4. The minimum Gasteiger partial charge on any atom is -0.456 e. The van der Waals surface area contributed by atoms with Gasteiger partial charge in [0.25, 0.3) is 0 Å². The van der Waals surface area contributed by atoms with Crippen LogP contribution in [-0.4, -0.2) is 9.13 Å². The maximum Gasteiger partial charge on any atom is 0.188 e. The molecule has 5 nitrogen and oxygen atoms in total. The molecule has 10 aromatic rings. The maximum atomic E-state index is 9.90. The van der Waals surface area contributed by atoms with Gasteiger partial charge in [-0.15, -0.1) is 0 Å². The third-order valence-electron chi connectivity index (χ3n) is 11.3. The lowest BCUT2D eigenvalue weighted by atomic mass is 9.82. The normalized spacial score (nSPS) is 13.3. The van der Waals surface area contributed by atoms with E-state index < -0.39 is 0 Å². The summed E-state index contributed by atoms with van der Waals surface area (Å²) in [6, 6.07) is 48.9. The predicted molar refractivity (Wildman–Crippen MR) is 211 cm³/mol. The van der Waals surface area contributed by atoms with Gasteiger partial charge in [0, 0.05) is 49.3 Å². The van der Waals surface area contributed by atoms with Gasteiger partial charge in [-0.05, 0) is 94.9 Å². The van der Waals surface area contributed by atoms with Crippen LogP contribution in [0.4, 0.5) is 5.69 Å². The van der Waals surface area contributed by atoms with Crippen molar-refractivity contribution < 1.29 is 4.42 Å². The van der Waals surface area contributed by atoms with E-state index >= 15 is 0 Å². The Morgan fingerprint density at radius 2 is 1.23 bits per heavy atom. The first-order valence-electron chi connectivity index (χ1n) is 17.4. The van der Waals surface area contributed by atoms with E-state index in [1.54, 1.807) is 0 Å². The molecule has 52 heavy (non-hydrogen) atoms. The van der Waals surface area contributed by atoms with Gasteiger partial charge in [-0.25, -0.2) is 4.85 Å². The van der Waals surface area contributed by atoms with Crippen molar-refractivity contribution in [2.24, 2.45) is 0 Å². The molecular formula is C47H28N4O. The van der Waals surface area contributed by atoms with Crippen molar-refractivity contribution in [3.8, 4) is 28.6 Å². The number of para-hydroxylation sites is 2. The van der Waals surface area contributed by atoms with Gasteiger partial charge in [-0.2, -0.15) is 5.26 Å². The van der Waals surface area contributed by atoms with Crippen molar-refractivity contribution in [3.05, 3.63) is 162 Å². The fraction of sp³-hybridized carbons (Fsp3) is 0.0638. The second kappa shape index (κ2) is 10.0. The summed E-state index contributed by atoms with van der Waals surface area (Å²) in [4.78, 5) is 3.70. The Labute approximate surface area is 298 Å². The molecule has 0 amide bonds. The number of fused-ring (bicyclic) bond motifs is 13. The van der Waals surface area contributed by atoms with E-state index in [0.29, 0.717) is 11.3 Å². The number of hydrogen-bond donors (Lipinski definition) is 0. The van der Waals surface area contributed by atoms with Crippen LogP contribution in [0.5, 0.6) is 0 Å². The summed E-state index contributed by atoms with van der Waals surface area (Å²) in [5.41, 5.74) is 14.1. The van der Waals surface area contributed by atoms with Crippen LogP contribution in [0.3, 0.4) is 0 Å². The summed E-state index contributed by atoms with van der Waals surface area (Å²) >= 11 is 0. The quantitative estimate of drug-likeness (QED) is 0.173. The topological polar surface area (TPSA) is 51.1 Å². The van der Waals surface area contributed by atoms with Gasteiger partial charge in [0.05, 0.1) is 40.3 Å². The lowest BCUT2D eigenvalue weighted by molar-refractivity contribution is 0.660. The fourth-order valence-electron chi connectivity index (χ4n) is 8.97. The molecule has 1 aliphatic rings. The first-order chi connectivity index (χ1) is 25.4. The van der Waals surface area contributed by atoms with Gasteiger partial charge >= 0.3 is 0 Å². The molecule has 0 saturated heterocycles. The molecule has 7 aromatic carbocycles. The summed E-state index contributed by atoms with van der Waals surface area (Å²) in [6.45, 7) is 12.2. The van der Waals surface area contributed by atoms with Crippen molar-refractivity contribution in [3.63, 3.8) is 0 Å². The van der Waals surface area contributed by atoms with Crippen LogP contribution >= 0.6 is 0 Å². The summed E-state index contributed by atoms with van der Waals surface area (Å²) in [6.07, 6.45) is 0. The molecule has 242 valence electrons. The minimum atomic E-state index is -0.209. The highest BCUT2D eigenvalue weighted by molar-refractivity contribution is 6.16. The first-order valence-corrected chi connectivity index (χ1v) is 17.4. The molecule has 3 aromatic heterocycles. The Hall–Kier alpha value is -7.08. The highest BCUT2D eigenvalue weighted by atomic mass is 16.3. The summed E-state index contributed by atoms with van der Waals surface area (Å²) < 4.78 is 11.2. The van der Waals surface area contributed by atoms with E-state index in [4.69, 9.17) is 11.0 Å². The smallest absolute Gasteiger partial charge is 0.188 e. The van der Waals surface area contributed by atoms with Crippen LogP contribution in [0.2, 0.25) is 0 Å². The van der Waals surface area contributed by atoms with Crippen LogP contribution < -0.4 is 0 Å². The minimum absolute atomic E-state index is 0.209. The number of rotatable bonds is 2. The Morgan fingerprint density at radius 3 is 1.94 bits per heavy atom. The molecule has 0 radical (unpaired) electrons. The molecular weight excluding hydrogens is 637 g/mol. The van der Waals surface area contributed by atoms with Gasteiger partial charge in [-0.3, -0.25) is 0 Å². The van der Waals surface area contributed by atoms with Gasteiger partial charge in [0.1, 0.15) is 11.2 Å². The maximum absolute atomic E-state index is 9.90. The van der Waals surface area contributed by atoms with Crippen LogP contribution in [-0.2, 0) is 5.41 Å². The average Bonchev–Trinajstić information content (AvgIpc) is 3.89. The van der Waals surface area contributed by atoms with E-state index in [-0.39, 0.29) is 5.41 Å². The number of benzene rings is 7. The fourth-order valence-corrected chi connectivity index (χ4v) is 8.97. The Morgan fingerprint density at radius 1 is 0.596 bits per heavy atom. The van der Waals surface area contributed by atoms with Crippen molar-refractivity contribution in [1.29, 1.82) is 5.26 Å². The van der Waals surface area contributed by atoms with Gasteiger partial charge in [-0.1, -0.05) is 74.5 Å². The zero-order valence-corrected chi connectivity index (χ0v) is 28.4. The Bertz CT molecular complexity index is 3300. The van der Waals surface area contributed by atoms with Gasteiger partial charge in [0.15, 0.2) is 5.69 Å². The van der Waals surface area contributed by atoms with Gasteiger partial charge < -0.3 is 13.6 Å². The van der Waals surface area contributed by atoms with Crippen LogP contribution in [0.15, 0.2) is 138 Å². The molecule has 3 heterocycles. The molecule has 0 fully saturated rings. The molecule has 0 saturated carbocycles. The number of hydrogen-bond acceptors (Lipinski definition) is 2. The second-order valence-corrected chi connectivity index (χ2v) is 14.4. The largest absolute Gasteiger partial charge is 0.456 e. The Balaban J connectivity index is 1.19. The zero-order chi connectivity index (χ0) is 34.9. The molecule has 11 rings (SSSR count). The van der Waals surface area contributed by atoms with E-state index in [1.807, 2.05) is 18.2 Å². The van der Waals surface area contributed by atoms with E-state index in [2.05, 4.69) is 149 Å². The number of nitriles is 1. The third-order valence-corrected chi connectivity index (χ3v) is 11.3. The molecule has 5 heteroatoms. The molecule has 0 bridgehead atoms. The first kappa shape index (κ1) is 28.7. The highest BCUT2D eigenvalue weighted by Gasteiger charge is 2.38. The van der Waals surface area contributed by atoms with Crippen molar-refractivity contribution >= 4 is 71.2 Å². The standard InChI is InChI=1S/C47H28N4O/c1-47(2)38-17-12-27(26-48)22-37(38)45-39(47)18-16-33-31-8-4-7-11-41(31)51(46(33)45)30-15-21-44-36(25-30)35-24-29(14-20-43(35)52-44)50-40-10-6-5-9-32(40)34-23-28(49-3)13-19-42(34)50/h4-25H,1-2H3. The molecule has 1 aliphatic carbocycles. The van der Waals surface area contributed by atoms with E-state index in [0.717, 1.165) is 71.7 Å². The van der Waals surface area contributed by atoms with Crippen molar-refractivity contribution in [2.45, 2.75) is 19.3 Å². The van der Waals surface area contributed by atoms with Crippen LogP contribution in [0.25, 0.3) is 92.9 Å². The predicted octanol–water partition coefficient (Wildman–Crippen LogP) is 12.5. The zero-order valence-electron chi connectivity index (χ0n) is 28.4. The summed E-state index contributed by atoms with van der Waals surface area (Å²) in [5, 5.41) is 16.5.